The third-order valence-electron chi connectivity index (χ3n) is 3.64. The van der Waals surface area contributed by atoms with Crippen LogP contribution in [0.1, 0.15) is 5.56 Å². The Hall–Kier alpha value is -2.92. The molecule has 0 bridgehead atoms. The second-order valence-electron chi connectivity index (χ2n) is 5.63. The Labute approximate surface area is 175 Å². The molecule has 2 N–H and O–H groups in total. The zero-order valence-corrected chi connectivity index (χ0v) is 16.5. The summed E-state index contributed by atoms with van der Waals surface area (Å²) in [7, 11) is 0. The Balaban J connectivity index is 2.01. The van der Waals surface area contributed by atoms with Gasteiger partial charge in [-0.15, -0.1) is 0 Å². The summed E-state index contributed by atoms with van der Waals surface area (Å²) in [6.45, 7) is 0. The minimum atomic E-state index is -4.61. The summed E-state index contributed by atoms with van der Waals surface area (Å²) < 4.78 is 39.6. The lowest BCUT2D eigenvalue weighted by Gasteiger charge is -2.13. The Bertz CT molecular complexity index is 1080. The lowest BCUT2D eigenvalue weighted by atomic mass is 10.2. The summed E-state index contributed by atoms with van der Waals surface area (Å²) in [6.07, 6.45) is -3.57. The molecule has 0 amide bonds. The van der Waals surface area contributed by atoms with E-state index in [9.17, 15) is 23.3 Å². The van der Waals surface area contributed by atoms with E-state index >= 15 is 0 Å². The smallest absolute Gasteiger partial charge is 0.334 e. The average Bonchev–Trinajstić information content (AvgIpc) is 2.62. The average molecular weight is 489 g/mol. The van der Waals surface area contributed by atoms with Crippen LogP contribution in [0.4, 0.5) is 41.9 Å². The fourth-order valence-corrected chi connectivity index (χ4v) is 2.93. The Morgan fingerprint density at radius 2 is 1.76 bits per heavy atom. The Morgan fingerprint density at radius 3 is 2.38 bits per heavy atom. The van der Waals surface area contributed by atoms with E-state index in [1.807, 2.05) is 0 Å². The van der Waals surface area contributed by atoms with Crippen LogP contribution >= 0.6 is 27.5 Å². The summed E-state index contributed by atoms with van der Waals surface area (Å²) in [5, 5.41) is 16.9. The normalized spacial score (nSPS) is 11.2. The molecule has 0 spiro atoms. The molecule has 1 heterocycles. The molecule has 12 heteroatoms. The van der Waals surface area contributed by atoms with Gasteiger partial charge in [-0.05, 0) is 36.4 Å². The van der Waals surface area contributed by atoms with Gasteiger partial charge >= 0.3 is 11.9 Å². The number of anilines is 4. The van der Waals surface area contributed by atoms with Crippen LogP contribution in [-0.4, -0.2) is 14.9 Å². The standard InChI is InChI=1S/C17H10BrClF3N5O2/c18-10-2-1-3-11(7-10)25-15-14(27(28)29)16(24-8-23-15)26-13-6-9(17(20,21)22)4-5-12(13)19/h1-8H,(H2,23,24,25,26). The summed E-state index contributed by atoms with van der Waals surface area (Å²) in [5.41, 5.74) is -1.20. The summed E-state index contributed by atoms with van der Waals surface area (Å²) in [4.78, 5) is 18.5. The van der Waals surface area contributed by atoms with Crippen LogP contribution < -0.4 is 10.6 Å². The minimum Gasteiger partial charge on any atom is -0.334 e. The van der Waals surface area contributed by atoms with Crippen LogP contribution in [0.5, 0.6) is 0 Å². The van der Waals surface area contributed by atoms with Crippen molar-refractivity contribution in [3.8, 4) is 0 Å². The predicted molar refractivity (Wildman–Crippen MR) is 106 cm³/mol. The van der Waals surface area contributed by atoms with E-state index in [-0.39, 0.29) is 22.3 Å². The molecule has 0 unspecified atom stereocenters. The fourth-order valence-electron chi connectivity index (χ4n) is 2.36. The van der Waals surface area contributed by atoms with Crippen molar-refractivity contribution in [3.05, 3.63) is 74.0 Å². The minimum absolute atomic E-state index is 0.0626. The molecule has 0 aliphatic heterocycles. The van der Waals surface area contributed by atoms with Gasteiger partial charge in [-0.3, -0.25) is 10.1 Å². The molecule has 0 atom stereocenters. The van der Waals surface area contributed by atoms with Gasteiger partial charge in [-0.2, -0.15) is 13.2 Å². The molecule has 7 nitrogen and oxygen atoms in total. The highest BCUT2D eigenvalue weighted by Crippen LogP contribution is 2.38. The van der Waals surface area contributed by atoms with Gasteiger partial charge in [0, 0.05) is 10.2 Å². The maximum atomic E-state index is 13.0. The second-order valence-corrected chi connectivity index (χ2v) is 6.95. The van der Waals surface area contributed by atoms with E-state index in [0.717, 1.165) is 29.0 Å². The molecule has 3 aromatic rings. The van der Waals surface area contributed by atoms with E-state index in [4.69, 9.17) is 11.6 Å². The first-order valence-electron chi connectivity index (χ1n) is 7.81. The summed E-state index contributed by atoms with van der Waals surface area (Å²) in [6, 6.07) is 9.40. The third-order valence-corrected chi connectivity index (χ3v) is 4.46. The van der Waals surface area contributed by atoms with Crippen molar-refractivity contribution in [1.29, 1.82) is 0 Å². The predicted octanol–water partition coefficient (Wildman–Crippen LogP) is 6.31. The molecule has 1 aromatic heterocycles. The SMILES string of the molecule is O=[N+]([O-])c1c(Nc2cccc(Br)c2)ncnc1Nc1cc(C(F)(F)F)ccc1Cl. The van der Waals surface area contributed by atoms with Crippen molar-refractivity contribution in [1.82, 2.24) is 9.97 Å². The van der Waals surface area contributed by atoms with E-state index in [1.165, 1.54) is 0 Å². The number of hydrogen-bond donors (Lipinski definition) is 2. The first kappa shape index (κ1) is 20.8. The molecule has 0 saturated carbocycles. The highest BCUT2D eigenvalue weighted by Gasteiger charge is 2.31. The van der Waals surface area contributed by atoms with Gasteiger partial charge in [0.2, 0.25) is 11.6 Å². The molecular weight excluding hydrogens is 479 g/mol. The van der Waals surface area contributed by atoms with Crippen molar-refractivity contribution in [2.75, 3.05) is 10.6 Å². The topological polar surface area (TPSA) is 93.0 Å². The van der Waals surface area contributed by atoms with Crippen LogP contribution in [0.2, 0.25) is 5.02 Å². The van der Waals surface area contributed by atoms with Gasteiger partial charge in [-0.1, -0.05) is 33.6 Å². The molecule has 29 heavy (non-hydrogen) atoms. The summed E-state index contributed by atoms with van der Waals surface area (Å²) in [5.74, 6) is -0.461. The highest BCUT2D eigenvalue weighted by atomic mass is 79.9. The Kier molecular flexibility index (Phi) is 5.89. The number of nitrogens with zero attached hydrogens (tertiary/aromatic N) is 3. The molecule has 0 radical (unpaired) electrons. The third kappa shape index (κ3) is 4.93. The van der Waals surface area contributed by atoms with Gasteiger partial charge < -0.3 is 10.6 Å². The number of hydrogen-bond acceptors (Lipinski definition) is 6. The first-order valence-corrected chi connectivity index (χ1v) is 8.98. The van der Waals surface area contributed by atoms with E-state index in [2.05, 4.69) is 36.5 Å². The van der Waals surface area contributed by atoms with Crippen molar-refractivity contribution in [2.45, 2.75) is 6.18 Å². The van der Waals surface area contributed by atoms with Gasteiger partial charge in [0.05, 0.1) is 21.2 Å². The van der Waals surface area contributed by atoms with Crippen LogP contribution in [0, 0.1) is 10.1 Å². The van der Waals surface area contributed by atoms with Gasteiger partial charge in [-0.25, -0.2) is 9.97 Å². The molecule has 150 valence electrons. The number of alkyl halides is 3. The van der Waals surface area contributed by atoms with Crippen molar-refractivity contribution >= 4 is 56.2 Å². The van der Waals surface area contributed by atoms with Crippen LogP contribution in [0.25, 0.3) is 0 Å². The van der Waals surface area contributed by atoms with Gasteiger partial charge in [0.15, 0.2) is 0 Å². The van der Waals surface area contributed by atoms with Gasteiger partial charge in [0.25, 0.3) is 0 Å². The number of benzene rings is 2. The van der Waals surface area contributed by atoms with Crippen LogP contribution in [0.15, 0.2) is 53.3 Å². The number of aromatic nitrogens is 2. The monoisotopic (exact) mass is 487 g/mol. The molecule has 0 fully saturated rings. The maximum Gasteiger partial charge on any atom is 0.416 e. The molecular formula is C17H10BrClF3N5O2. The Morgan fingerprint density at radius 1 is 1.07 bits per heavy atom. The van der Waals surface area contributed by atoms with Crippen LogP contribution in [-0.2, 0) is 6.18 Å². The zero-order valence-electron chi connectivity index (χ0n) is 14.2. The zero-order chi connectivity index (χ0) is 21.2. The van der Waals surface area contributed by atoms with Crippen molar-refractivity contribution in [2.24, 2.45) is 0 Å². The molecule has 0 saturated heterocycles. The molecule has 2 aromatic carbocycles. The number of nitro groups is 1. The van der Waals surface area contributed by atoms with E-state index < -0.39 is 22.4 Å². The van der Waals surface area contributed by atoms with Crippen molar-refractivity contribution in [3.63, 3.8) is 0 Å². The number of halogens is 5. The van der Waals surface area contributed by atoms with E-state index in [0.29, 0.717) is 5.69 Å². The number of rotatable bonds is 5. The fraction of sp³-hybridized carbons (Fsp3) is 0.0588. The largest absolute Gasteiger partial charge is 0.416 e. The summed E-state index contributed by atoms with van der Waals surface area (Å²) >= 11 is 9.24. The van der Waals surface area contributed by atoms with E-state index in [1.54, 1.807) is 24.3 Å². The lowest BCUT2D eigenvalue weighted by Crippen LogP contribution is -2.08. The van der Waals surface area contributed by atoms with Crippen LogP contribution in [0.3, 0.4) is 0 Å². The first-order chi connectivity index (χ1) is 13.6. The van der Waals surface area contributed by atoms with Gasteiger partial charge in [0.1, 0.15) is 6.33 Å². The lowest BCUT2D eigenvalue weighted by molar-refractivity contribution is -0.383. The van der Waals surface area contributed by atoms with Crippen molar-refractivity contribution < 1.29 is 18.1 Å². The molecule has 0 aliphatic carbocycles. The quantitative estimate of drug-likeness (QED) is 0.323. The second kappa shape index (κ2) is 8.21. The molecule has 3 rings (SSSR count). The number of nitrogens with one attached hydrogen (secondary N) is 2. The maximum absolute atomic E-state index is 13.0. The molecule has 0 aliphatic rings. The highest BCUT2D eigenvalue weighted by molar-refractivity contribution is 9.10.